The number of alkyl halides is 3. The molecule has 168 valence electrons. The first-order valence-corrected chi connectivity index (χ1v) is 10.7. The number of hydrogen-bond donors (Lipinski definition) is 1. The number of halogens is 3. The number of pyridine rings is 2. The Labute approximate surface area is 185 Å². The highest BCUT2D eigenvalue weighted by molar-refractivity contribution is 7.78. The fourth-order valence-corrected chi connectivity index (χ4v) is 3.46. The molecule has 1 aromatic carbocycles. The predicted octanol–water partition coefficient (Wildman–Crippen LogP) is 4.34. The Morgan fingerprint density at radius 3 is 2.44 bits per heavy atom. The molecule has 32 heavy (non-hydrogen) atoms. The largest absolute Gasteiger partial charge is 0.772 e. The SMILES string of the molecule is Cc1ccc(-c2cc(CS(=O)[O-])cc(C(=O)N[C@H](C)c3ccc(C(F)(F)F)nc3)c2)nc1. The van der Waals surface area contributed by atoms with E-state index in [0.29, 0.717) is 22.4 Å². The number of aryl methyl sites for hydroxylation is 1. The third-order valence-electron chi connectivity index (χ3n) is 4.67. The Balaban J connectivity index is 1.86. The molecule has 3 aromatic rings. The van der Waals surface area contributed by atoms with Gasteiger partial charge in [-0.25, -0.2) is 0 Å². The topological polar surface area (TPSA) is 95.0 Å². The normalized spacial score (nSPS) is 13.4. The molecule has 2 heterocycles. The number of hydrogen-bond acceptors (Lipinski definition) is 5. The van der Waals surface area contributed by atoms with Crippen LogP contribution >= 0.6 is 0 Å². The van der Waals surface area contributed by atoms with Crippen LogP contribution in [-0.4, -0.2) is 24.6 Å². The number of aromatic nitrogens is 2. The molecule has 0 aliphatic heterocycles. The van der Waals surface area contributed by atoms with E-state index in [1.807, 2.05) is 13.0 Å². The molecule has 0 fully saturated rings. The van der Waals surface area contributed by atoms with Gasteiger partial charge in [-0.15, -0.1) is 0 Å². The molecule has 1 N–H and O–H groups in total. The average Bonchev–Trinajstić information content (AvgIpc) is 2.73. The van der Waals surface area contributed by atoms with Crippen molar-refractivity contribution in [1.29, 1.82) is 0 Å². The summed E-state index contributed by atoms with van der Waals surface area (Å²) in [6, 6.07) is 9.77. The van der Waals surface area contributed by atoms with Crippen LogP contribution in [0.5, 0.6) is 0 Å². The smallest absolute Gasteiger partial charge is 0.433 e. The second-order valence-corrected chi connectivity index (χ2v) is 8.15. The fourth-order valence-electron chi connectivity index (χ4n) is 3.02. The van der Waals surface area contributed by atoms with Crippen molar-refractivity contribution >= 4 is 17.0 Å². The summed E-state index contributed by atoms with van der Waals surface area (Å²) in [7, 11) is 0. The van der Waals surface area contributed by atoms with Crippen LogP contribution in [0.15, 0.2) is 54.9 Å². The number of benzene rings is 1. The van der Waals surface area contributed by atoms with Crippen molar-refractivity contribution in [3.05, 3.63) is 82.8 Å². The van der Waals surface area contributed by atoms with E-state index in [1.54, 1.807) is 31.3 Å². The Kier molecular flexibility index (Phi) is 7.05. The number of nitrogens with one attached hydrogen (secondary N) is 1. The van der Waals surface area contributed by atoms with E-state index >= 15 is 0 Å². The molecular formula is C22H19F3N3O3S-. The Bertz CT molecular complexity index is 1130. The molecule has 3 rings (SSSR count). The molecule has 1 amide bonds. The lowest BCUT2D eigenvalue weighted by Gasteiger charge is -2.16. The second kappa shape index (κ2) is 9.58. The molecule has 0 aliphatic carbocycles. The molecule has 0 radical (unpaired) electrons. The highest BCUT2D eigenvalue weighted by Crippen LogP contribution is 2.28. The molecule has 1 unspecified atom stereocenters. The van der Waals surface area contributed by atoms with E-state index in [9.17, 15) is 26.7 Å². The number of rotatable bonds is 6. The van der Waals surface area contributed by atoms with Gasteiger partial charge in [0, 0.05) is 29.3 Å². The van der Waals surface area contributed by atoms with Gasteiger partial charge in [0.05, 0.1) is 11.7 Å². The first kappa shape index (κ1) is 23.6. The summed E-state index contributed by atoms with van der Waals surface area (Å²) in [6.45, 7) is 3.49. The second-order valence-electron chi connectivity index (χ2n) is 7.26. The zero-order valence-corrected chi connectivity index (χ0v) is 18.0. The lowest BCUT2D eigenvalue weighted by Crippen LogP contribution is -2.27. The van der Waals surface area contributed by atoms with Crippen LogP contribution < -0.4 is 5.32 Å². The predicted molar refractivity (Wildman–Crippen MR) is 112 cm³/mol. The molecule has 2 atom stereocenters. The van der Waals surface area contributed by atoms with Crippen molar-refractivity contribution in [2.45, 2.75) is 31.8 Å². The van der Waals surface area contributed by atoms with E-state index in [2.05, 4.69) is 15.3 Å². The lowest BCUT2D eigenvalue weighted by molar-refractivity contribution is -0.141. The fraction of sp³-hybridized carbons (Fsp3) is 0.227. The van der Waals surface area contributed by atoms with Crippen molar-refractivity contribution in [1.82, 2.24) is 15.3 Å². The monoisotopic (exact) mass is 462 g/mol. The van der Waals surface area contributed by atoms with Crippen LogP contribution in [0.1, 0.15) is 45.7 Å². The van der Waals surface area contributed by atoms with Gasteiger partial charge in [-0.1, -0.05) is 23.2 Å². The highest BCUT2D eigenvalue weighted by Gasteiger charge is 2.32. The van der Waals surface area contributed by atoms with E-state index in [0.717, 1.165) is 17.8 Å². The molecule has 0 saturated heterocycles. The van der Waals surface area contributed by atoms with Gasteiger partial charge in [-0.2, -0.15) is 13.2 Å². The maximum Gasteiger partial charge on any atom is 0.433 e. The van der Waals surface area contributed by atoms with Crippen molar-refractivity contribution in [3.8, 4) is 11.3 Å². The van der Waals surface area contributed by atoms with Gasteiger partial charge in [-0.3, -0.25) is 19.0 Å². The minimum absolute atomic E-state index is 0.206. The van der Waals surface area contributed by atoms with E-state index in [1.165, 1.54) is 12.1 Å². The molecule has 0 bridgehead atoms. The quantitative estimate of drug-likeness (QED) is 0.550. The number of nitrogens with zero attached hydrogens (tertiary/aromatic N) is 2. The summed E-state index contributed by atoms with van der Waals surface area (Å²) in [5, 5.41) is 2.70. The zero-order valence-electron chi connectivity index (χ0n) is 17.1. The van der Waals surface area contributed by atoms with Gasteiger partial charge in [0.25, 0.3) is 5.91 Å². The maximum absolute atomic E-state index is 12.8. The van der Waals surface area contributed by atoms with Crippen LogP contribution in [0.25, 0.3) is 11.3 Å². The summed E-state index contributed by atoms with van der Waals surface area (Å²) in [4.78, 5) is 20.6. The first-order chi connectivity index (χ1) is 15.0. The molecule has 6 nitrogen and oxygen atoms in total. The minimum atomic E-state index is -4.55. The van der Waals surface area contributed by atoms with Crippen LogP contribution in [0.4, 0.5) is 13.2 Å². The van der Waals surface area contributed by atoms with Crippen LogP contribution in [0.2, 0.25) is 0 Å². The average molecular weight is 462 g/mol. The zero-order chi connectivity index (χ0) is 23.5. The van der Waals surface area contributed by atoms with Gasteiger partial charge in [0.15, 0.2) is 0 Å². The van der Waals surface area contributed by atoms with Gasteiger partial charge in [-0.05, 0) is 60.9 Å². The number of carbonyl (C=O) groups excluding carboxylic acids is 1. The third kappa shape index (κ3) is 5.98. The van der Waals surface area contributed by atoms with Gasteiger partial charge >= 0.3 is 6.18 Å². The van der Waals surface area contributed by atoms with Gasteiger partial charge in [0.1, 0.15) is 5.69 Å². The van der Waals surface area contributed by atoms with Crippen LogP contribution in [0.3, 0.4) is 0 Å². The molecule has 0 saturated carbocycles. The highest BCUT2D eigenvalue weighted by atomic mass is 32.2. The molecule has 2 aromatic heterocycles. The third-order valence-corrected chi connectivity index (χ3v) is 5.24. The lowest BCUT2D eigenvalue weighted by atomic mass is 10.0. The van der Waals surface area contributed by atoms with Gasteiger partial charge in [0.2, 0.25) is 0 Å². The number of carbonyl (C=O) groups is 1. The molecular weight excluding hydrogens is 443 g/mol. The molecule has 10 heteroatoms. The Hall–Kier alpha value is -3.11. The Morgan fingerprint density at radius 2 is 1.88 bits per heavy atom. The van der Waals surface area contributed by atoms with Gasteiger partial charge < -0.3 is 9.87 Å². The van der Waals surface area contributed by atoms with Crippen molar-refractivity contribution in [3.63, 3.8) is 0 Å². The molecule has 0 aliphatic rings. The van der Waals surface area contributed by atoms with E-state index < -0.39 is 34.9 Å². The standard InChI is InChI=1S/C22H20F3N3O3S/c1-13-3-5-19(26-10-13)17-7-15(12-32(30)31)8-18(9-17)21(29)28-14(2)16-4-6-20(27-11-16)22(23,24)25/h3-11,14H,12H2,1-2H3,(H,28,29)(H,30,31)/p-1/t14-/m1/s1. The van der Waals surface area contributed by atoms with Crippen LogP contribution in [-0.2, 0) is 23.0 Å². The van der Waals surface area contributed by atoms with E-state index in [4.69, 9.17) is 0 Å². The summed E-state index contributed by atoms with van der Waals surface area (Å²) < 4.78 is 60.5. The van der Waals surface area contributed by atoms with E-state index in [-0.39, 0.29) is 11.3 Å². The minimum Gasteiger partial charge on any atom is -0.772 e. The van der Waals surface area contributed by atoms with Crippen molar-refractivity contribution < 1.29 is 26.7 Å². The summed E-state index contributed by atoms with van der Waals surface area (Å²) in [5.41, 5.74) is 2.08. The summed E-state index contributed by atoms with van der Waals surface area (Å²) >= 11 is -2.36. The number of amides is 1. The summed E-state index contributed by atoms with van der Waals surface area (Å²) in [6.07, 6.45) is -1.83. The first-order valence-electron chi connectivity index (χ1n) is 9.50. The van der Waals surface area contributed by atoms with Crippen molar-refractivity contribution in [2.75, 3.05) is 0 Å². The molecule has 0 spiro atoms. The van der Waals surface area contributed by atoms with Crippen molar-refractivity contribution in [2.24, 2.45) is 0 Å². The Morgan fingerprint density at radius 1 is 1.12 bits per heavy atom. The maximum atomic E-state index is 12.8. The summed E-state index contributed by atoms with van der Waals surface area (Å²) in [5.74, 6) is -0.789. The van der Waals surface area contributed by atoms with Crippen LogP contribution in [0, 0.1) is 6.92 Å².